The first-order valence-electron chi connectivity index (χ1n) is 5.98. The number of fused-ring (bicyclic) bond motifs is 1. The Morgan fingerprint density at radius 1 is 1.19 bits per heavy atom. The summed E-state index contributed by atoms with van der Waals surface area (Å²) in [5.41, 5.74) is 2.80. The van der Waals surface area contributed by atoms with Gasteiger partial charge in [0.05, 0.1) is 0 Å². The number of ether oxygens (including phenoxy) is 1. The van der Waals surface area contributed by atoms with E-state index in [1.807, 2.05) is 0 Å². The first-order valence-corrected chi connectivity index (χ1v) is 5.98. The van der Waals surface area contributed by atoms with Crippen LogP contribution in [0.15, 0.2) is 30.3 Å². The summed E-state index contributed by atoms with van der Waals surface area (Å²) in [6, 6.07) is 10.9. The van der Waals surface area contributed by atoms with Crippen LogP contribution < -0.4 is 0 Å². The number of benzene rings is 1. The van der Waals surface area contributed by atoms with Gasteiger partial charge in [0.2, 0.25) is 0 Å². The molecule has 3 rings (SSSR count). The van der Waals surface area contributed by atoms with Gasteiger partial charge in [0.25, 0.3) is 0 Å². The molecule has 1 aliphatic rings. The fraction of sp³-hybridized carbons (Fsp3) is 0.429. The van der Waals surface area contributed by atoms with Crippen molar-refractivity contribution < 1.29 is 4.74 Å². The van der Waals surface area contributed by atoms with Crippen molar-refractivity contribution in [3.05, 3.63) is 36.0 Å². The number of nitrogens with zero attached hydrogens (tertiary/aromatic N) is 1. The van der Waals surface area contributed by atoms with E-state index in [2.05, 4.69) is 41.9 Å². The van der Waals surface area contributed by atoms with Gasteiger partial charge in [0.1, 0.15) is 0 Å². The molecule has 0 atom stereocenters. The Morgan fingerprint density at radius 2 is 1.94 bits per heavy atom. The van der Waals surface area contributed by atoms with Crippen molar-refractivity contribution in [2.45, 2.75) is 18.8 Å². The predicted octanol–water partition coefficient (Wildman–Crippen LogP) is 3.07. The fourth-order valence-electron chi connectivity index (χ4n) is 2.70. The molecule has 1 aromatic heterocycles. The molecule has 2 aromatic rings. The Labute approximate surface area is 95.8 Å². The van der Waals surface area contributed by atoms with Crippen molar-refractivity contribution in [2.75, 3.05) is 13.2 Å². The van der Waals surface area contributed by atoms with Crippen molar-refractivity contribution in [1.29, 1.82) is 0 Å². The van der Waals surface area contributed by atoms with Crippen LogP contribution in [0.2, 0.25) is 0 Å². The van der Waals surface area contributed by atoms with Crippen molar-refractivity contribution in [3.63, 3.8) is 0 Å². The van der Waals surface area contributed by atoms with Crippen LogP contribution in [0, 0.1) is 0 Å². The lowest BCUT2D eigenvalue weighted by Gasteiger charge is -2.22. The average molecular weight is 215 g/mol. The molecule has 0 spiro atoms. The molecule has 0 saturated carbocycles. The van der Waals surface area contributed by atoms with Crippen LogP contribution in [0.1, 0.15) is 24.5 Å². The molecule has 2 nitrogen and oxygen atoms in total. The summed E-state index contributed by atoms with van der Waals surface area (Å²) in [5, 5.41) is 1.35. The van der Waals surface area contributed by atoms with Crippen molar-refractivity contribution in [3.8, 4) is 0 Å². The predicted molar refractivity (Wildman–Crippen MR) is 65.7 cm³/mol. The summed E-state index contributed by atoms with van der Waals surface area (Å²) in [6.45, 7) is 1.82. The molecular formula is C14H17NO. The number of rotatable bonds is 1. The Balaban J connectivity index is 2.05. The minimum absolute atomic E-state index is 0.672. The van der Waals surface area contributed by atoms with Crippen LogP contribution in [-0.2, 0) is 11.8 Å². The second-order valence-corrected chi connectivity index (χ2v) is 4.57. The molecule has 1 fully saturated rings. The first kappa shape index (κ1) is 9.91. The Morgan fingerprint density at radius 3 is 2.69 bits per heavy atom. The molecule has 84 valence electrons. The minimum atomic E-state index is 0.672. The van der Waals surface area contributed by atoms with E-state index >= 15 is 0 Å². The second kappa shape index (κ2) is 3.95. The Kier molecular flexibility index (Phi) is 2.44. The maximum atomic E-state index is 5.43. The molecule has 1 aromatic carbocycles. The molecule has 0 amide bonds. The third kappa shape index (κ3) is 1.54. The number of aromatic nitrogens is 1. The third-order valence-electron chi connectivity index (χ3n) is 3.63. The monoisotopic (exact) mass is 215 g/mol. The Bertz CT molecular complexity index is 494. The highest BCUT2D eigenvalue weighted by Gasteiger charge is 2.19. The van der Waals surface area contributed by atoms with Gasteiger partial charge in [-0.3, -0.25) is 0 Å². The van der Waals surface area contributed by atoms with Crippen LogP contribution in [0.5, 0.6) is 0 Å². The van der Waals surface area contributed by atoms with E-state index in [1.165, 1.54) is 16.6 Å². The van der Waals surface area contributed by atoms with Gasteiger partial charge in [0, 0.05) is 37.4 Å². The van der Waals surface area contributed by atoms with Gasteiger partial charge in [-0.1, -0.05) is 18.2 Å². The highest BCUT2D eigenvalue weighted by molar-refractivity contribution is 5.81. The van der Waals surface area contributed by atoms with Crippen LogP contribution in [0.3, 0.4) is 0 Å². The van der Waals surface area contributed by atoms with E-state index in [4.69, 9.17) is 4.74 Å². The lowest BCUT2D eigenvalue weighted by molar-refractivity contribution is 0.0840. The summed E-state index contributed by atoms with van der Waals surface area (Å²) >= 11 is 0. The van der Waals surface area contributed by atoms with Gasteiger partial charge < -0.3 is 9.30 Å². The van der Waals surface area contributed by atoms with Crippen molar-refractivity contribution in [1.82, 2.24) is 4.57 Å². The molecular weight excluding hydrogens is 198 g/mol. The van der Waals surface area contributed by atoms with E-state index < -0.39 is 0 Å². The summed E-state index contributed by atoms with van der Waals surface area (Å²) in [4.78, 5) is 0. The van der Waals surface area contributed by atoms with E-state index in [0.717, 1.165) is 26.1 Å². The third-order valence-corrected chi connectivity index (χ3v) is 3.63. The topological polar surface area (TPSA) is 14.2 Å². The minimum Gasteiger partial charge on any atom is -0.381 e. The van der Waals surface area contributed by atoms with Crippen molar-refractivity contribution in [2.24, 2.45) is 7.05 Å². The number of hydrogen-bond donors (Lipinski definition) is 0. The molecule has 2 heteroatoms. The molecule has 1 saturated heterocycles. The number of aryl methyl sites for hydroxylation is 1. The summed E-state index contributed by atoms with van der Waals surface area (Å²) < 4.78 is 7.76. The van der Waals surface area contributed by atoms with Gasteiger partial charge in [0.15, 0.2) is 0 Å². The summed E-state index contributed by atoms with van der Waals surface area (Å²) in [5.74, 6) is 0.672. The Hall–Kier alpha value is -1.28. The highest BCUT2D eigenvalue weighted by atomic mass is 16.5. The lowest BCUT2D eigenvalue weighted by atomic mass is 9.96. The van der Waals surface area contributed by atoms with Crippen LogP contribution in [-0.4, -0.2) is 17.8 Å². The maximum absolute atomic E-state index is 5.43. The molecule has 0 N–H and O–H groups in total. The van der Waals surface area contributed by atoms with Gasteiger partial charge in [-0.15, -0.1) is 0 Å². The first-order chi connectivity index (χ1) is 7.86. The van der Waals surface area contributed by atoms with E-state index in [9.17, 15) is 0 Å². The molecule has 1 aliphatic heterocycles. The molecule has 0 unspecified atom stereocenters. The zero-order chi connectivity index (χ0) is 11.0. The van der Waals surface area contributed by atoms with Gasteiger partial charge in [-0.05, 0) is 30.4 Å². The van der Waals surface area contributed by atoms with E-state index in [1.54, 1.807) is 0 Å². The van der Waals surface area contributed by atoms with E-state index in [-0.39, 0.29) is 0 Å². The SMILES string of the molecule is Cn1c(C2CCOCC2)cc2ccccc21. The zero-order valence-corrected chi connectivity index (χ0v) is 9.65. The van der Waals surface area contributed by atoms with Crippen LogP contribution in [0.4, 0.5) is 0 Å². The largest absolute Gasteiger partial charge is 0.381 e. The fourth-order valence-corrected chi connectivity index (χ4v) is 2.70. The quantitative estimate of drug-likeness (QED) is 0.713. The van der Waals surface area contributed by atoms with Gasteiger partial charge >= 0.3 is 0 Å². The molecule has 0 radical (unpaired) electrons. The van der Waals surface area contributed by atoms with Crippen LogP contribution in [0.25, 0.3) is 10.9 Å². The summed E-state index contributed by atoms with van der Waals surface area (Å²) in [7, 11) is 2.17. The smallest absolute Gasteiger partial charge is 0.0479 e. The maximum Gasteiger partial charge on any atom is 0.0479 e. The molecule has 0 bridgehead atoms. The molecule has 2 heterocycles. The van der Waals surface area contributed by atoms with Crippen molar-refractivity contribution >= 4 is 10.9 Å². The lowest BCUT2D eigenvalue weighted by Crippen LogP contribution is -2.16. The zero-order valence-electron chi connectivity index (χ0n) is 9.65. The second-order valence-electron chi connectivity index (χ2n) is 4.57. The normalized spacial score (nSPS) is 18.1. The van der Waals surface area contributed by atoms with Gasteiger partial charge in [-0.25, -0.2) is 0 Å². The summed E-state index contributed by atoms with van der Waals surface area (Å²) in [6.07, 6.45) is 2.31. The highest BCUT2D eigenvalue weighted by Crippen LogP contribution is 2.30. The van der Waals surface area contributed by atoms with E-state index in [0.29, 0.717) is 5.92 Å². The number of hydrogen-bond acceptors (Lipinski definition) is 1. The standard InChI is InChI=1S/C14H17NO/c1-15-13-5-3-2-4-12(13)10-14(15)11-6-8-16-9-7-11/h2-5,10-11H,6-9H2,1H3. The van der Waals surface area contributed by atoms with Crippen LogP contribution >= 0.6 is 0 Å². The molecule has 16 heavy (non-hydrogen) atoms. The average Bonchev–Trinajstić information content (AvgIpc) is 2.69. The van der Waals surface area contributed by atoms with Gasteiger partial charge in [-0.2, -0.15) is 0 Å². The molecule has 0 aliphatic carbocycles. The number of para-hydroxylation sites is 1.